The van der Waals surface area contributed by atoms with Gasteiger partial charge in [-0.1, -0.05) is 6.42 Å². The number of rotatable bonds is 2. The standard InChI is InChI=1S/C12H15F3N2/c13-12(14,15)9-4-6-17-11(7-9)8-10-3-1-2-5-16-10/h4,6-7,10,16H,1-3,5,8H2. The van der Waals surface area contributed by atoms with Crippen LogP contribution in [0.1, 0.15) is 30.5 Å². The second-order valence-corrected chi connectivity index (χ2v) is 4.38. The van der Waals surface area contributed by atoms with Gasteiger partial charge in [0.25, 0.3) is 0 Å². The maximum absolute atomic E-state index is 12.5. The minimum atomic E-state index is -4.28. The first-order chi connectivity index (χ1) is 8.05. The molecule has 1 fully saturated rings. The number of alkyl halides is 3. The monoisotopic (exact) mass is 244 g/mol. The summed E-state index contributed by atoms with van der Waals surface area (Å²) in [6.07, 6.45) is 0.823. The highest BCUT2D eigenvalue weighted by molar-refractivity contribution is 5.20. The Morgan fingerprint density at radius 1 is 1.35 bits per heavy atom. The minimum Gasteiger partial charge on any atom is -0.314 e. The lowest BCUT2D eigenvalue weighted by Gasteiger charge is -2.23. The smallest absolute Gasteiger partial charge is 0.314 e. The molecule has 1 saturated heterocycles. The van der Waals surface area contributed by atoms with Gasteiger partial charge in [0.2, 0.25) is 0 Å². The van der Waals surface area contributed by atoms with E-state index in [1.807, 2.05) is 0 Å². The van der Waals surface area contributed by atoms with Crippen LogP contribution in [0.15, 0.2) is 18.3 Å². The third-order valence-electron chi connectivity index (χ3n) is 3.01. The lowest BCUT2D eigenvalue weighted by atomic mass is 10.00. The first-order valence-electron chi connectivity index (χ1n) is 5.81. The van der Waals surface area contributed by atoms with E-state index in [4.69, 9.17) is 0 Å². The molecule has 1 atom stereocenters. The molecule has 1 aromatic rings. The number of hydrogen-bond donors (Lipinski definition) is 1. The van der Waals surface area contributed by atoms with Crippen LogP contribution in [0.25, 0.3) is 0 Å². The van der Waals surface area contributed by atoms with Crippen molar-refractivity contribution in [2.45, 2.75) is 37.9 Å². The van der Waals surface area contributed by atoms with E-state index in [2.05, 4.69) is 10.3 Å². The van der Waals surface area contributed by atoms with Crippen LogP contribution in [0.2, 0.25) is 0 Å². The van der Waals surface area contributed by atoms with Gasteiger partial charge in [-0.3, -0.25) is 4.98 Å². The van der Waals surface area contributed by atoms with Crippen LogP contribution in [0.3, 0.4) is 0 Å². The molecular weight excluding hydrogens is 229 g/mol. The van der Waals surface area contributed by atoms with Crippen LogP contribution in [-0.2, 0) is 12.6 Å². The summed E-state index contributed by atoms with van der Waals surface area (Å²) in [4.78, 5) is 4.01. The van der Waals surface area contributed by atoms with E-state index in [1.54, 1.807) is 0 Å². The van der Waals surface area contributed by atoms with Crippen molar-refractivity contribution in [1.29, 1.82) is 0 Å². The molecule has 1 unspecified atom stereocenters. The number of nitrogens with zero attached hydrogens (tertiary/aromatic N) is 1. The first-order valence-corrected chi connectivity index (χ1v) is 5.81. The highest BCUT2D eigenvalue weighted by Crippen LogP contribution is 2.29. The Labute approximate surface area is 98.2 Å². The third-order valence-corrected chi connectivity index (χ3v) is 3.01. The zero-order chi connectivity index (χ0) is 12.3. The summed E-state index contributed by atoms with van der Waals surface area (Å²) < 4.78 is 37.5. The topological polar surface area (TPSA) is 24.9 Å². The molecule has 94 valence electrons. The fourth-order valence-corrected chi connectivity index (χ4v) is 2.12. The van der Waals surface area contributed by atoms with Crippen LogP contribution in [0.5, 0.6) is 0 Å². The average molecular weight is 244 g/mol. The summed E-state index contributed by atoms with van der Waals surface area (Å²) in [5.74, 6) is 0. The Kier molecular flexibility index (Phi) is 3.66. The zero-order valence-electron chi connectivity index (χ0n) is 9.43. The van der Waals surface area contributed by atoms with Gasteiger partial charge >= 0.3 is 6.18 Å². The molecule has 0 amide bonds. The van der Waals surface area contributed by atoms with Gasteiger partial charge in [0.15, 0.2) is 0 Å². The van der Waals surface area contributed by atoms with E-state index in [1.165, 1.54) is 6.20 Å². The van der Waals surface area contributed by atoms with Crippen molar-refractivity contribution in [1.82, 2.24) is 10.3 Å². The lowest BCUT2D eigenvalue weighted by Crippen LogP contribution is -2.35. The van der Waals surface area contributed by atoms with Crippen LogP contribution >= 0.6 is 0 Å². The van der Waals surface area contributed by atoms with Gasteiger partial charge in [0, 0.05) is 24.4 Å². The largest absolute Gasteiger partial charge is 0.416 e. The van der Waals surface area contributed by atoms with Crippen molar-refractivity contribution in [2.75, 3.05) is 6.54 Å². The second kappa shape index (κ2) is 5.04. The molecule has 0 spiro atoms. The van der Waals surface area contributed by atoms with Gasteiger partial charge in [0.1, 0.15) is 0 Å². The van der Waals surface area contributed by atoms with E-state index in [9.17, 15) is 13.2 Å². The Morgan fingerprint density at radius 2 is 2.18 bits per heavy atom. The summed E-state index contributed by atoms with van der Waals surface area (Å²) in [6, 6.07) is 2.42. The Balaban J connectivity index is 2.05. The number of aromatic nitrogens is 1. The fourth-order valence-electron chi connectivity index (χ4n) is 2.12. The van der Waals surface area contributed by atoms with Crippen molar-refractivity contribution >= 4 is 0 Å². The number of pyridine rings is 1. The third kappa shape index (κ3) is 3.43. The summed E-state index contributed by atoms with van der Waals surface area (Å²) in [7, 11) is 0. The molecular formula is C12H15F3N2. The van der Waals surface area contributed by atoms with Crippen molar-refractivity contribution in [3.63, 3.8) is 0 Å². The lowest BCUT2D eigenvalue weighted by molar-refractivity contribution is -0.137. The van der Waals surface area contributed by atoms with E-state index < -0.39 is 11.7 Å². The Hall–Kier alpha value is -1.10. The zero-order valence-corrected chi connectivity index (χ0v) is 9.43. The van der Waals surface area contributed by atoms with Crippen LogP contribution in [0, 0.1) is 0 Å². The van der Waals surface area contributed by atoms with Gasteiger partial charge in [-0.25, -0.2) is 0 Å². The van der Waals surface area contributed by atoms with Gasteiger partial charge in [0.05, 0.1) is 5.56 Å². The van der Waals surface area contributed by atoms with Crippen LogP contribution in [0.4, 0.5) is 13.2 Å². The second-order valence-electron chi connectivity index (χ2n) is 4.38. The molecule has 0 aromatic carbocycles. The van der Waals surface area contributed by atoms with E-state index >= 15 is 0 Å². The van der Waals surface area contributed by atoms with Crippen molar-refractivity contribution < 1.29 is 13.2 Å². The highest BCUT2D eigenvalue weighted by atomic mass is 19.4. The van der Waals surface area contributed by atoms with Gasteiger partial charge < -0.3 is 5.32 Å². The molecule has 1 N–H and O–H groups in total. The maximum atomic E-state index is 12.5. The molecule has 1 aliphatic rings. The summed E-state index contributed by atoms with van der Waals surface area (Å²) >= 11 is 0. The number of hydrogen-bond acceptors (Lipinski definition) is 2. The van der Waals surface area contributed by atoms with Gasteiger partial charge in [-0.2, -0.15) is 13.2 Å². The molecule has 0 aliphatic carbocycles. The fraction of sp³-hybridized carbons (Fsp3) is 0.583. The quantitative estimate of drug-likeness (QED) is 0.865. The molecule has 1 aliphatic heterocycles. The molecule has 2 rings (SSSR count). The van der Waals surface area contributed by atoms with E-state index in [-0.39, 0.29) is 6.04 Å². The normalized spacial score (nSPS) is 21.5. The molecule has 5 heteroatoms. The van der Waals surface area contributed by atoms with Crippen LogP contribution in [-0.4, -0.2) is 17.6 Å². The van der Waals surface area contributed by atoms with Crippen LogP contribution < -0.4 is 5.32 Å². The Bertz CT molecular complexity index is 370. The minimum absolute atomic E-state index is 0.264. The molecule has 0 bridgehead atoms. The van der Waals surface area contributed by atoms with Crippen molar-refractivity contribution in [3.05, 3.63) is 29.6 Å². The number of piperidine rings is 1. The van der Waals surface area contributed by atoms with Crippen molar-refractivity contribution in [2.24, 2.45) is 0 Å². The van der Waals surface area contributed by atoms with Crippen molar-refractivity contribution in [3.8, 4) is 0 Å². The molecule has 0 radical (unpaired) electrons. The van der Waals surface area contributed by atoms with E-state index in [0.717, 1.165) is 37.9 Å². The predicted octanol–water partition coefficient (Wildman–Crippen LogP) is 2.79. The summed E-state index contributed by atoms with van der Waals surface area (Å²) in [6.45, 7) is 0.948. The molecule has 17 heavy (non-hydrogen) atoms. The number of halogens is 3. The maximum Gasteiger partial charge on any atom is 0.416 e. The Morgan fingerprint density at radius 3 is 2.82 bits per heavy atom. The summed E-state index contributed by atoms with van der Waals surface area (Å²) in [5.41, 5.74) is -0.0995. The molecule has 2 heterocycles. The number of nitrogens with one attached hydrogen (secondary N) is 1. The molecule has 2 nitrogen and oxygen atoms in total. The highest BCUT2D eigenvalue weighted by Gasteiger charge is 2.30. The first kappa shape index (κ1) is 12.4. The predicted molar refractivity (Wildman–Crippen MR) is 58.6 cm³/mol. The summed E-state index contributed by atoms with van der Waals surface area (Å²) in [5, 5.41) is 3.30. The van der Waals surface area contributed by atoms with E-state index in [0.29, 0.717) is 12.1 Å². The molecule has 1 aromatic heterocycles. The van der Waals surface area contributed by atoms with Gasteiger partial charge in [-0.05, 0) is 31.5 Å². The average Bonchev–Trinajstić information content (AvgIpc) is 2.29. The SMILES string of the molecule is FC(F)(F)c1ccnc(CC2CCCCN2)c1. The van der Waals surface area contributed by atoms with Gasteiger partial charge in [-0.15, -0.1) is 0 Å². The molecule has 0 saturated carbocycles.